The number of carbonyl (C=O) groups excluding carboxylic acids is 3. The average molecular weight is 478 g/mol. The van der Waals surface area contributed by atoms with Gasteiger partial charge in [-0.25, -0.2) is 4.39 Å². The molecule has 8 nitrogen and oxygen atoms in total. The molecule has 0 spiro atoms. The van der Waals surface area contributed by atoms with Crippen molar-refractivity contribution in [2.45, 2.75) is 12.0 Å². The summed E-state index contributed by atoms with van der Waals surface area (Å²) in [7, 11) is 1.31. The number of hydrogen-bond acceptors (Lipinski definition) is 8. The smallest absolute Gasteiger partial charge is 0.310 e. The molecule has 9 heteroatoms. The molecular formula is C26H19FO8. The number of halogens is 1. The summed E-state index contributed by atoms with van der Waals surface area (Å²) in [5, 5.41) is 0. The van der Waals surface area contributed by atoms with Crippen LogP contribution in [0.15, 0.2) is 59.9 Å². The van der Waals surface area contributed by atoms with Crippen molar-refractivity contribution in [2.24, 2.45) is 11.8 Å². The quantitative estimate of drug-likeness (QED) is 0.376. The Morgan fingerprint density at radius 2 is 1.66 bits per heavy atom. The summed E-state index contributed by atoms with van der Waals surface area (Å²) in [6.45, 7) is 0.144. The molecule has 2 aromatic carbocycles. The van der Waals surface area contributed by atoms with Crippen molar-refractivity contribution in [2.75, 3.05) is 20.5 Å². The number of rotatable bonds is 4. The van der Waals surface area contributed by atoms with E-state index >= 15 is 0 Å². The predicted molar refractivity (Wildman–Crippen MR) is 116 cm³/mol. The van der Waals surface area contributed by atoms with Gasteiger partial charge in [-0.15, -0.1) is 0 Å². The Bertz CT molecular complexity index is 1330. The molecule has 0 saturated carbocycles. The summed E-state index contributed by atoms with van der Waals surface area (Å²) < 4.78 is 41.6. The van der Waals surface area contributed by atoms with Gasteiger partial charge in [-0.1, -0.05) is 0 Å². The molecule has 178 valence electrons. The van der Waals surface area contributed by atoms with E-state index < -0.39 is 47.2 Å². The molecule has 0 radical (unpaired) electrons. The number of hydrogen-bond donors (Lipinski definition) is 0. The number of benzene rings is 2. The van der Waals surface area contributed by atoms with Crippen LogP contribution in [0.4, 0.5) is 4.39 Å². The molecule has 0 unspecified atom stereocenters. The number of esters is 1. The lowest BCUT2D eigenvalue weighted by Crippen LogP contribution is -2.38. The monoisotopic (exact) mass is 478 g/mol. The number of fused-ring (bicyclic) bond motifs is 3. The van der Waals surface area contributed by atoms with Crippen LogP contribution in [-0.4, -0.2) is 38.0 Å². The van der Waals surface area contributed by atoms with Crippen LogP contribution >= 0.6 is 0 Å². The van der Waals surface area contributed by atoms with Gasteiger partial charge in [0, 0.05) is 17.4 Å². The fourth-order valence-electron chi connectivity index (χ4n) is 5.25. The molecule has 1 fully saturated rings. The molecule has 0 bridgehead atoms. The molecule has 4 aliphatic rings. The van der Waals surface area contributed by atoms with Crippen LogP contribution in [0.5, 0.6) is 17.2 Å². The second-order valence-corrected chi connectivity index (χ2v) is 8.67. The minimum atomic E-state index is -0.749. The van der Waals surface area contributed by atoms with Gasteiger partial charge < -0.3 is 23.7 Å². The van der Waals surface area contributed by atoms with Crippen molar-refractivity contribution >= 4 is 17.5 Å². The van der Waals surface area contributed by atoms with Crippen molar-refractivity contribution in [3.8, 4) is 17.2 Å². The molecule has 2 aliphatic carbocycles. The van der Waals surface area contributed by atoms with Gasteiger partial charge in [0.15, 0.2) is 17.3 Å². The van der Waals surface area contributed by atoms with E-state index in [2.05, 4.69) is 0 Å². The van der Waals surface area contributed by atoms with Crippen LogP contribution in [0.2, 0.25) is 0 Å². The molecule has 6 rings (SSSR count). The average Bonchev–Trinajstić information content (AvgIpc) is 3.47. The first-order chi connectivity index (χ1) is 16.9. The molecular weight excluding hydrogens is 459 g/mol. The number of methoxy groups -OCH3 is 1. The largest absolute Gasteiger partial charge is 0.492 e. The molecule has 0 amide bonds. The minimum Gasteiger partial charge on any atom is -0.492 e. The summed E-state index contributed by atoms with van der Waals surface area (Å²) in [4.78, 5) is 37.7. The van der Waals surface area contributed by atoms with E-state index in [0.717, 1.165) is 5.56 Å². The number of allylic oxidation sites excluding steroid dienone is 4. The van der Waals surface area contributed by atoms with Crippen LogP contribution in [0.25, 0.3) is 0 Å². The molecule has 0 N–H and O–H groups in total. The second-order valence-electron chi connectivity index (χ2n) is 8.67. The van der Waals surface area contributed by atoms with Crippen LogP contribution < -0.4 is 14.2 Å². The zero-order chi connectivity index (χ0) is 24.3. The Balaban J connectivity index is 1.53. The highest BCUT2D eigenvalue weighted by atomic mass is 19.1. The maximum Gasteiger partial charge on any atom is 0.310 e. The summed E-state index contributed by atoms with van der Waals surface area (Å²) >= 11 is 0. The summed E-state index contributed by atoms with van der Waals surface area (Å²) in [6.07, 6.45) is 2.12. The van der Waals surface area contributed by atoms with E-state index in [1.807, 2.05) is 0 Å². The van der Waals surface area contributed by atoms with Crippen molar-refractivity contribution in [3.05, 3.63) is 76.8 Å². The second kappa shape index (κ2) is 7.97. The first-order valence-corrected chi connectivity index (χ1v) is 11.0. The van der Waals surface area contributed by atoms with Crippen molar-refractivity contribution in [3.63, 3.8) is 0 Å². The molecule has 35 heavy (non-hydrogen) atoms. The number of carbonyl (C=O) groups is 3. The van der Waals surface area contributed by atoms with Gasteiger partial charge in [0.1, 0.15) is 17.7 Å². The highest BCUT2D eigenvalue weighted by Gasteiger charge is 2.54. The zero-order valence-corrected chi connectivity index (χ0v) is 18.5. The first-order valence-electron chi connectivity index (χ1n) is 11.0. The van der Waals surface area contributed by atoms with E-state index in [9.17, 15) is 18.8 Å². The van der Waals surface area contributed by atoms with Gasteiger partial charge in [0.25, 0.3) is 5.78 Å². The maximum absolute atomic E-state index is 13.5. The molecule has 4 atom stereocenters. The molecule has 1 saturated heterocycles. The standard InChI is InChI=1S/C26H19FO8/c1-31-21-7-12(6-18(28)24(21)29)22-15-8-19-20(34-11-33-19)9-16(15)25(17-10-32-26(30)23(17)22)35-14-4-2-13(27)3-5-14/h2-9,17,22-23,25H,10-11H2,1H3/t17-,22+,23-,25+/m0/s1. The third kappa shape index (κ3) is 3.38. The van der Waals surface area contributed by atoms with E-state index in [-0.39, 0.29) is 19.2 Å². The van der Waals surface area contributed by atoms with E-state index in [1.165, 1.54) is 43.5 Å². The number of ketones is 2. The molecule has 0 aromatic heterocycles. The summed E-state index contributed by atoms with van der Waals surface area (Å²) in [5.74, 6) is -2.69. The Kier molecular flexibility index (Phi) is 4.87. The van der Waals surface area contributed by atoms with Gasteiger partial charge in [-0.05, 0) is 59.7 Å². The maximum atomic E-state index is 13.5. The number of ether oxygens (including phenoxy) is 5. The molecule has 2 aliphatic heterocycles. The lowest BCUT2D eigenvalue weighted by Gasteiger charge is -2.39. The summed E-state index contributed by atoms with van der Waals surface area (Å²) in [6, 6.07) is 9.19. The Morgan fingerprint density at radius 3 is 2.37 bits per heavy atom. The van der Waals surface area contributed by atoms with Crippen molar-refractivity contribution in [1.29, 1.82) is 0 Å². The first kappa shape index (κ1) is 21.4. The summed E-state index contributed by atoms with van der Waals surface area (Å²) in [5.41, 5.74) is 1.86. The van der Waals surface area contributed by atoms with Crippen LogP contribution in [0.3, 0.4) is 0 Å². The normalized spacial score (nSPS) is 26.4. The minimum absolute atomic E-state index is 0.0463. The zero-order valence-electron chi connectivity index (χ0n) is 18.5. The third-order valence-corrected chi connectivity index (χ3v) is 6.82. The Morgan fingerprint density at radius 1 is 0.943 bits per heavy atom. The SMILES string of the molecule is COC1=CC([C@@H]2c3cc4c(cc3[C@@H](Oc3ccc(F)cc3)[C@H]3COC(=O)[C@@H]32)OCO4)=CC(=O)C1=O. The van der Waals surface area contributed by atoms with Gasteiger partial charge >= 0.3 is 5.97 Å². The highest BCUT2D eigenvalue weighted by molar-refractivity contribution is 6.47. The van der Waals surface area contributed by atoms with Crippen molar-refractivity contribution in [1.82, 2.24) is 0 Å². The van der Waals surface area contributed by atoms with E-state index in [0.29, 0.717) is 28.4 Å². The van der Waals surface area contributed by atoms with Crippen LogP contribution in [-0.2, 0) is 23.9 Å². The fourth-order valence-corrected chi connectivity index (χ4v) is 5.25. The Hall–Kier alpha value is -4.14. The van der Waals surface area contributed by atoms with Gasteiger partial charge in [0.05, 0.1) is 19.6 Å². The van der Waals surface area contributed by atoms with Gasteiger partial charge in [-0.2, -0.15) is 0 Å². The lowest BCUT2D eigenvalue weighted by atomic mass is 9.65. The lowest BCUT2D eigenvalue weighted by molar-refractivity contribution is -0.141. The van der Waals surface area contributed by atoms with Crippen LogP contribution in [0, 0.1) is 17.7 Å². The van der Waals surface area contributed by atoms with Crippen LogP contribution in [0.1, 0.15) is 23.1 Å². The van der Waals surface area contributed by atoms with Gasteiger partial charge in [-0.3, -0.25) is 14.4 Å². The van der Waals surface area contributed by atoms with E-state index in [4.69, 9.17) is 23.7 Å². The fraction of sp³-hybridized carbons (Fsp3) is 0.269. The van der Waals surface area contributed by atoms with Crippen molar-refractivity contribution < 1.29 is 42.5 Å². The number of Topliss-reactive ketones (excluding diaryl/α,β-unsaturated/α-hetero) is 1. The predicted octanol–water partition coefficient (Wildman–Crippen LogP) is 3.17. The molecule has 2 aromatic rings. The van der Waals surface area contributed by atoms with E-state index in [1.54, 1.807) is 12.1 Å². The highest BCUT2D eigenvalue weighted by Crippen LogP contribution is 2.55. The third-order valence-electron chi connectivity index (χ3n) is 6.82. The van der Waals surface area contributed by atoms with Gasteiger partial charge in [0.2, 0.25) is 12.6 Å². The Labute approximate surface area is 198 Å². The topological polar surface area (TPSA) is 97.4 Å². The molecule has 2 heterocycles. The number of cyclic esters (lactones) is 1.